The zero-order chi connectivity index (χ0) is 14.9. The lowest BCUT2D eigenvalue weighted by Gasteiger charge is -2.19. The van der Waals surface area contributed by atoms with Crippen LogP contribution in [-0.4, -0.2) is 16.6 Å². The summed E-state index contributed by atoms with van der Waals surface area (Å²) in [5, 5.41) is 12.3. The molecule has 3 nitrogen and oxygen atoms in total. The van der Waals surface area contributed by atoms with Crippen LogP contribution in [0.3, 0.4) is 0 Å². The molecule has 0 aromatic carbocycles. The van der Waals surface area contributed by atoms with Crippen molar-refractivity contribution in [2.75, 3.05) is 0 Å². The number of carbonyl (C=O) groups excluding carboxylic acids is 1. The van der Waals surface area contributed by atoms with Crippen LogP contribution in [0.2, 0.25) is 0 Å². The minimum absolute atomic E-state index is 0.00620. The molecule has 1 atom stereocenters. The van der Waals surface area contributed by atoms with Gasteiger partial charge in [0, 0.05) is 11.3 Å². The third-order valence-electron chi connectivity index (χ3n) is 3.53. The molecule has 22 heavy (non-hydrogen) atoms. The van der Waals surface area contributed by atoms with Gasteiger partial charge in [-0.3, -0.25) is 4.79 Å². The summed E-state index contributed by atoms with van der Waals surface area (Å²) in [7, 11) is 0. The summed E-state index contributed by atoms with van der Waals surface area (Å²) in [5.41, 5.74) is 0.998. The van der Waals surface area contributed by atoms with Crippen molar-refractivity contribution in [3.05, 3.63) is 67.2 Å². The molecular weight excluding hydrogens is 332 g/mol. The van der Waals surface area contributed by atoms with Crippen LogP contribution < -0.4 is 0 Å². The molecule has 0 unspecified atom stereocenters. The molecule has 0 N–H and O–H groups in total. The first-order chi connectivity index (χ1) is 10.8. The van der Waals surface area contributed by atoms with E-state index in [1.54, 1.807) is 27.7 Å². The Hall–Kier alpha value is -1.76. The average molecular weight is 344 g/mol. The molecule has 1 amide bonds. The monoisotopic (exact) mass is 344 g/mol. The number of hydrogen-bond acceptors (Lipinski definition) is 5. The number of rotatable bonds is 3. The van der Waals surface area contributed by atoms with Gasteiger partial charge in [-0.1, -0.05) is 18.2 Å². The fraction of sp³-hybridized carbons (Fsp3) is 0.125. The van der Waals surface area contributed by atoms with Gasteiger partial charge in [0.15, 0.2) is 0 Å². The lowest BCUT2D eigenvalue weighted by atomic mass is 10.1. The normalized spacial score (nSPS) is 17.7. The highest BCUT2D eigenvalue weighted by atomic mass is 32.1. The Morgan fingerprint density at radius 2 is 1.82 bits per heavy atom. The Kier molecular flexibility index (Phi) is 3.65. The molecule has 0 saturated carbocycles. The van der Waals surface area contributed by atoms with Crippen LogP contribution in [-0.2, 0) is 0 Å². The first-order valence-electron chi connectivity index (χ1n) is 6.85. The van der Waals surface area contributed by atoms with E-state index in [-0.39, 0.29) is 11.9 Å². The first-order valence-corrected chi connectivity index (χ1v) is 9.48. The van der Waals surface area contributed by atoms with Crippen molar-refractivity contribution in [2.45, 2.75) is 12.5 Å². The first kappa shape index (κ1) is 13.9. The average Bonchev–Trinajstić information content (AvgIpc) is 3.35. The summed E-state index contributed by atoms with van der Waals surface area (Å²) in [6, 6.07) is 12.0. The van der Waals surface area contributed by atoms with Crippen molar-refractivity contribution in [1.82, 2.24) is 5.01 Å². The number of amides is 1. The minimum Gasteiger partial charge on any atom is -0.266 e. The van der Waals surface area contributed by atoms with Crippen LogP contribution in [0.4, 0.5) is 0 Å². The smallest absolute Gasteiger partial charge is 0.266 e. The lowest BCUT2D eigenvalue weighted by Crippen LogP contribution is -2.25. The molecule has 0 spiro atoms. The summed E-state index contributed by atoms with van der Waals surface area (Å²) in [6.45, 7) is 0. The topological polar surface area (TPSA) is 32.7 Å². The molecule has 0 radical (unpaired) electrons. The van der Waals surface area contributed by atoms with E-state index in [0.29, 0.717) is 0 Å². The highest BCUT2D eigenvalue weighted by Crippen LogP contribution is 2.37. The van der Waals surface area contributed by atoms with E-state index in [1.165, 1.54) is 16.2 Å². The van der Waals surface area contributed by atoms with E-state index < -0.39 is 0 Å². The highest BCUT2D eigenvalue weighted by Gasteiger charge is 2.34. The van der Waals surface area contributed by atoms with E-state index in [1.807, 2.05) is 40.4 Å². The summed E-state index contributed by atoms with van der Waals surface area (Å²) in [4.78, 5) is 15.8. The Bertz CT molecular complexity index is 789. The second-order valence-electron chi connectivity index (χ2n) is 4.89. The molecule has 110 valence electrons. The molecular formula is C16H12N2OS3. The van der Waals surface area contributed by atoms with Gasteiger partial charge in [0.2, 0.25) is 0 Å². The van der Waals surface area contributed by atoms with Gasteiger partial charge >= 0.3 is 0 Å². The van der Waals surface area contributed by atoms with Crippen molar-refractivity contribution in [2.24, 2.45) is 5.10 Å². The van der Waals surface area contributed by atoms with E-state index in [0.717, 1.165) is 21.9 Å². The molecule has 0 aliphatic carbocycles. The summed E-state index contributed by atoms with van der Waals surface area (Å²) >= 11 is 4.81. The zero-order valence-electron chi connectivity index (χ0n) is 11.5. The second kappa shape index (κ2) is 5.79. The van der Waals surface area contributed by atoms with Crippen LogP contribution in [0.25, 0.3) is 0 Å². The Balaban J connectivity index is 1.71. The van der Waals surface area contributed by atoms with E-state index >= 15 is 0 Å². The molecule has 4 heterocycles. The van der Waals surface area contributed by atoms with Crippen molar-refractivity contribution in [3.8, 4) is 0 Å². The van der Waals surface area contributed by atoms with Crippen LogP contribution in [0.1, 0.15) is 31.9 Å². The fourth-order valence-corrected chi connectivity index (χ4v) is 4.69. The molecule has 3 aromatic rings. The number of hydrogen-bond donors (Lipinski definition) is 0. The number of hydrazone groups is 1. The van der Waals surface area contributed by atoms with Gasteiger partial charge in [-0.15, -0.1) is 34.0 Å². The van der Waals surface area contributed by atoms with Gasteiger partial charge < -0.3 is 0 Å². The quantitative estimate of drug-likeness (QED) is 0.667. The minimum atomic E-state index is -0.0139. The summed E-state index contributed by atoms with van der Waals surface area (Å²) < 4.78 is 0. The molecule has 3 aromatic heterocycles. The van der Waals surface area contributed by atoms with Crippen molar-refractivity contribution < 1.29 is 4.79 Å². The van der Waals surface area contributed by atoms with E-state index in [2.05, 4.69) is 17.2 Å². The SMILES string of the molecule is O=C(c1cccs1)N1N=C(c2cccs2)C[C@@H]1c1cccs1. The van der Waals surface area contributed by atoms with Gasteiger partial charge in [0.25, 0.3) is 5.91 Å². The van der Waals surface area contributed by atoms with Gasteiger partial charge in [-0.05, 0) is 34.3 Å². The number of thiophene rings is 3. The molecule has 1 aliphatic heterocycles. The second-order valence-corrected chi connectivity index (χ2v) is 7.76. The molecule has 0 saturated heterocycles. The number of nitrogens with zero attached hydrogens (tertiary/aromatic N) is 2. The molecule has 6 heteroatoms. The third kappa shape index (κ3) is 2.43. The predicted octanol–water partition coefficient (Wildman–Crippen LogP) is 4.86. The third-order valence-corrected chi connectivity index (χ3v) is 6.28. The van der Waals surface area contributed by atoms with Gasteiger partial charge in [0.05, 0.1) is 21.5 Å². The van der Waals surface area contributed by atoms with Gasteiger partial charge in [-0.25, -0.2) is 5.01 Å². The Morgan fingerprint density at radius 3 is 2.50 bits per heavy atom. The van der Waals surface area contributed by atoms with E-state index in [4.69, 9.17) is 0 Å². The van der Waals surface area contributed by atoms with Crippen molar-refractivity contribution in [3.63, 3.8) is 0 Å². The Labute approximate surface area is 140 Å². The largest absolute Gasteiger partial charge is 0.284 e. The van der Waals surface area contributed by atoms with Crippen LogP contribution in [0.15, 0.2) is 57.6 Å². The maximum absolute atomic E-state index is 12.8. The molecule has 4 rings (SSSR count). The van der Waals surface area contributed by atoms with Crippen molar-refractivity contribution in [1.29, 1.82) is 0 Å². The zero-order valence-corrected chi connectivity index (χ0v) is 14.0. The fourth-order valence-electron chi connectivity index (χ4n) is 2.50. The van der Waals surface area contributed by atoms with Crippen molar-refractivity contribution >= 4 is 45.6 Å². The van der Waals surface area contributed by atoms with Crippen LogP contribution in [0.5, 0.6) is 0 Å². The number of carbonyl (C=O) groups is 1. The van der Waals surface area contributed by atoms with Gasteiger partial charge in [0.1, 0.15) is 0 Å². The predicted molar refractivity (Wildman–Crippen MR) is 93.0 cm³/mol. The standard InChI is InChI=1S/C16H12N2OS3/c19-16(15-6-3-9-22-15)18-12(14-5-2-8-21-14)10-11(17-18)13-4-1-7-20-13/h1-9,12H,10H2/t12-/m1/s1. The highest BCUT2D eigenvalue weighted by molar-refractivity contribution is 7.12. The van der Waals surface area contributed by atoms with Crippen LogP contribution in [0, 0.1) is 0 Å². The maximum atomic E-state index is 12.8. The van der Waals surface area contributed by atoms with Gasteiger partial charge in [-0.2, -0.15) is 5.10 Å². The molecule has 0 bridgehead atoms. The maximum Gasteiger partial charge on any atom is 0.284 e. The van der Waals surface area contributed by atoms with Crippen LogP contribution >= 0.6 is 34.0 Å². The summed E-state index contributed by atoms with van der Waals surface area (Å²) in [6.07, 6.45) is 0.776. The van der Waals surface area contributed by atoms with E-state index in [9.17, 15) is 4.79 Å². The molecule has 0 fully saturated rings. The summed E-state index contributed by atoms with van der Waals surface area (Å²) in [5.74, 6) is -0.0139. The molecule has 1 aliphatic rings. The lowest BCUT2D eigenvalue weighted by molar-refractivity contribution is 0.0719. The Morgan fingerprint density at radius 1 is 1.05 bits per heavy atom.